The van der Waals surface area contributed by atoms with E-state index in [4.69, 9.17) is 11.6 Å². The van der Waals surface area contributed by atoms with E-state index in [0.29, 0.717) is 18.8 Å². The van der Waals surface area contributed by atoms with E-state index in [2.05, 4.69) is 10.2 Å². The average Bonchev–Trinajstić information content (AvgIpc) is 2.84. The molecule has 0 radical (unpaired) electrons. The molecule has 0 bridgehead atoms. The number of anilines is 2. The summed E-state index contributed by atoms with van der Waals surface area (Å²) in [7, 11) is 0. The number of alkyl halides is 1. The lowest BCUT2D eigenvalue weighted by atomic mass is 10.1. The summed E-state index contributed by atoms with van der Waals surface area (Å²) in [5.41, 5.74) is 4.31. The van der Waals surface area contributed by atoms with Gasteiger partial charge in [0.1, 0.15) is 5.38 Å². The Hall–Kier alpha value is -3.31. The van der Waals surface area contributed by atoms with Gasteiger partial charge in [-0.15, -0.1) is 11.6 Å². The van der Waals surface area contributed by atoms with Crippen LogP contribution in [0.1, 0.15) is 26.9 Å². The van der Waals surface area contributed by atoms with Crippen molar-refractivity contribution in [1.82, 2.24) is 4.90 Å². The van der Waals surface area contributed by atoms with Crippen molar-refractivity contribution in [2.24, 2.45) is 0 Å². The molecule has 1 atom stereocenters. The maximum atomic E-state index is 12.8. The van der Waals surface area contributed by atoms with Gasteiger partial charge in [0.15, 0.2) is 0 Å². The predicted octanol–water partition coefficient (Wildman–Crippen LogP) is 4.88. The summed E-state index contributed by atoms with van der Waals surface area (Å²) in [6, 6.07) is 24.7. The molecule has 1 saturated heterocycles. The lowest BCUT2D eigenvalue weighted by Gasteiger charge is -2.36. The number of halogens is 1. The van der Waals surface area contributed by atoms with Crippen LogP contribution in [0, 0.1) is 6.92 Å². The van der Waals surface area contributed by atoms with Crippen LogP contribution < -0.4 is 10.2 Å². The van der Waals surface area contributed by atoms with Crippen molar-refractivity contribution in [3.8, 4) is 0 Å². The molecule has 4 rings (SSSR count). The molecular formula is C26H26ClN3O2. The summed E-state index contributed by atoms with van der Waals surface area (Å²) in [5.74, 6) is -0.163. The van der Waals surface area contributed by atoms with Crippen LogP contribution in [-0.4, -0.2) is 42.9 Å². The Morgan fingerprint density at radius 3 is 2.12 bits per heavy atom. The molecule has 0 aliphatic carbocycles. The Morgan fingerprint density at radius 1 is 0.844 bits per heavy atom. The molecule has 5 nitrogen and oxygen atoms in total. The number of amides is 2. The number of benzene rings is 3. The van der Waals surface area contributed by atoms with Gasteiger partial charge < -0.3 is 15.1 Å². The summed E-state index contributed by atoms with van der Waals surface area (Å²) in [5, 5.41) is 2.13. The smallest absolute Gasteiger partial charge is 0.254 e. The van der Waals surface area contributed by atoms with Crippen LogP contribution in [0.5, 0.6) is 0 Å². The molecule has 164 valence electrons. The topological polar surface area (TPSA) is 52.7 Å². The monoisotopic (exact) mass is 447 g/mol. The van der Waals surface area contributed by atoms with Crippen molar-refractivity contribution in [3.63, 3.8) is 0 Å². The van der Waals surface area contributed by atoms with Crippen molar-refractivity contribution in [1.29, 1.82) is 0 Å². The Morgan fingerprint density at radius 2 is 1.47 bits per heavy atom. The molecule has 1 fully saturated rings. The van der Waals surface area contributed by atoms with E-state index in [1.54, 1.807) is 0 Å². The molecule has 32 heavy (non-hydrogen) atoms. The van der Waals surface area contributed by atoms with Gasteiger partial charge in [-0.25, -0.2) is 0 Å². The number of nitrogens with zero attached hydrogens (tertiary/aromatic N) is 2. The highest BCUT2D eigenvalue weighted by molar-refractivity contribution is 6.32. The van der Waals surface area contributed by atoms with E-state index in [1.165, 1.54) is 0 Å². The third-order valence-corrected chi connectivity index (χ3v) is 6.21. The SMILES string of the molecule is Cc1ccccc1C(=O)N1CCN(c2ccc(NC(=O)C(Cl)c3ccccc3)cc2)CC1. The number of carbonyl (C=O) groups is 2. The zero-order valence-corrected chi connectivity index (χ0v) is 18.8. The third-order valence-electron chi connectivity index (χ3n) is 5.76. The molecule has 6 heteroatoms. The van der Waals surface area contributed by atoms with Gasteiger partial charge in [-0.3, -0.25) is 9.59 Å². The number of piperazine rings is 1. The van der Waals surface area contributed by atoms with Crippen LogP contribution >= 0.6 is 11.6 Å². The van der Waals surface area contributed by atoms with Crippen LogP contribution in [0.4, 0.5) is 11.4 Å². The first-order valence-corrected chi connectivity index (χ1v) is 11.2. The van der Waals surface area contributed by atoms with Crippen LogP contribution in [0.15, 0.2) is 78.9 Å². The maximum Gasteiger partial charge on any atom is 0.254 e. The lowest BCUT2D eigenvalue weighted by Crippen LogP contribution is -2.48. The molecule has 3 aromatic carbocycles. The van der Waals surface area contributed by atoms with Gasteiger partial charge in [-0.2, -0.15) is 0 Å². The Labute approximate surface area is 193 Å². The fraction of sp³-hybridized carbons (Fsp3) is 0.231. The number of hydrogen-bond acceptors (Lipinski definition) is 3. The summed E-state index contributed by atoms with van der Waals surface area (Å²) >= 11 is 6.30. The highest BCUT2D eigenvalue weighted by atomic mass is 35.5. The molecule has 1 N–H and O–H groups in total. The lowest BCUT2D eigenvalue weighted by molar-refractivity contribution is -0.116. The van der Waals surface area contributed by atoms with Crippen molar-refractivity contribution in [2.45, 2.75) is 12.3 Å². The molecule has 3 aromatic rings. The quantitative estimate of drug-likeness (QED) is 0.567. The van der Waals surface area contributed by atoms with Crippen LogP contribution in [-0.2, 0) is 4.79 Å². The first-order valence-electron chi connectivity index (χ1n) is 10.7. The van der Waals surface area contributed by atoms with Gasteiger partial charge in [0.25, 0.3) is 5.91 Å². The number of rotatable bonds is 5. The molecular weight excluding hydrogens is 422 g/mol. The standard InChI is InChI=1S/C26H26ClN3O2/c1-19-7-5-6-10-23(19)26(32)30-17-15-29(16-18-30)22-13-11-21(12-14-22)28-25(31)24(27)20-8-3-2-4-9-20/h2-14,24H,15-18H2,1H3,(H,28,31). The zero-order chi connectivity index (χ0) is 22.5. The van der Waals surface area contributed by atoms with E-state index in [1.807, 2.05) is 90.7 Å². The maximum absolute atomic E-state index is 12.8. The van der Waals surface area contributed by atoms with Gasteiger partial charge in [0.05, 0.1) is 0 Å². The summed E-state index contributed by atoms with van der Waals surface area (Å²) in [6.07, 6.45) is 0. The second-order valence-corrected chi connectivity index (χ2v) is 8.34. The van der Waals surface area contributed by atoms with E-state index >= 15 is 0 Å². The van der Waals surface area contributed by atoms with Crippen molar-refractivity contribution < 1.29 is 9.59 Å². The highest BCUT2D eigenvalue weighted by Crippen LogP contribution is 2.24. The molecule has 1 aliphatic heterocycles. The summed E-state index contributed by atoms with van der Waals surface area (Å²) in [4.78, 5) is 29.4. The highest BCUT2D eigenvalue weighted by Gasteiger charge is 2.23. The molecule has 0 spiro atoms. The summed E-state index contributed by atoms with van der Waals surface area (Å²) in [6.45, 7) is 4.85. The number of aryl methyl sites for hydroxylation is 1. The Balaban J connectivity index is 1.33. The molecule has 1 unspecified atom stereocenters. The first-order chi connectivity index (χ1) is 15.5. The molecule has 0 aromatic heterocycles. The second kappa shape index (κ2) is 9.88. The predicted molar refractivity (Wildman–Crippen MR) is 129 cm³/mol. The average molecular weight is 448 g/mol. The van der Waals surface area contributed by atoms with Gasteiger partial charge in [-0.1, -0.05) is 48.5 Å². The third kappa shape index (κ3) is 4.94. The van der Waals surface area contributed by atoms with E-state index in [-0.39, 0.29) is 11.8 Å². The normalized spacial score (nSPS) is 14.7. The van der Waals surface area contributed by atoms with E-state index in [9.17, 15) is 9.59 Å². The Kier molecular flexibility index (Phi) is 6.76. The van der Waals surface area contributed by atoms with Crippen LogP contribution in [0.2, 0.25) is 0 Å². The zero-order valence-electron chi connectivity index (χ0n) is 18.0. The second-order valence-electron chi connectivity index (χ2n) is 7.90. The molecule has 2 amide bonds. The van der Waals surface area contributed by atoms with Gasteiger partial charge in [-0.05, 0) is 48.4 Å². The minimum Gasteiger partial charge on any atom is -0.368 e. The van der Waals surface area contributed by atoms with Crippen molar-refractivity contribution in [3.05, 3.63) is 95.6 Å². The molecule has 0 saturated carbocycles. The van der Waals surface area contributed by atoms with E-state index in [0.717, 1.165) is 35.5 Å². The summed E-state index contributed by atoms with van der Waals surface area (Å²) < 4.78 is 0. The minimum absolute atomic E-state index is 0.0925. The van der Waals surface area contributed by atoms with Crippen LogP contribution in [0.3, 0.4) is 0 Å². The van der Waals surface area contributed by atoms with Gasteiger partial charge >= 0.3 is 0 Å². The first kappa shape index (κ1) is 21.9. The number of hydrogen-bond donors (Lipinski definition) is 1. The number of nitrogens with one attached hydrogen (secondary N) is 1. The molecule has 1 aliphatic rings. The van der Waals surface area contributed by atoms with Crippen molar-refractivity contribution >= 4 is 34.8 Å². The van der Waals surface area contributed by atoms with Crippen LogP contribution in [0.25, 0.3) is 0 Å². The minimum atomic E-state index is -0.741. The molecule has 1 heterocycles. The fourth-order valence-electron chi connectivity index (χ4n) is 3.89. The van der Waals surface area contributed by atoms with Gasteiger partial charge in [0.2, 0.25) is 5.91 Å². The largest absolute Gasteiger partial charge is 0.368 e. The fourth-order valence-corrected chi connectivity index (χ4v) is 4.09. The van der Waals surface area contributed by atoms with E-state index < -0.39 is 5.38 Å². The van der Waals surface area contributed by atoms with Gasteiger partial charge in [0, 0.05) is 43.1 Å². The van der Waals surface area contributed by atoms with Crippen molar-refractivity contribution in [2.75, 3.05) is 36.4 Å². The Bertz CT molecular complexity index is 1080. The number of carbonyl (C=O) groups excluding carboxylic acids is 2.